The maximum absolute atomic E-state index is 13.5. The first-order chi connectivity index (χ1) is 8.06. The zero-order chi connectivity index (χ0) is 12.4. The monoisotopic (exact) mass is 240 g/mol. The topological polar surface area (TPSA) is 15.3 Å². The van der Waals surface area contributed by atoms with Crippen LogP contribution in [0.1, 0.15) is 19.4 Å². The molecule has 94 valence electrons. The fraction of sp³-hybridized carbons (Fsp3) is 0.538. The van der Waals surface area contributed by atoms with Crippen LogP contribution in [0.3, 0.4) is 0 Å². The Kier molecular flexibility index (Phi) is 3.74. The predicted molar refractivity (Wildman–Crippen MR) is 63.7 cm³/mol. The predicted octanol–water partition coefficient (Wildman–Crippen LogP) is 2.15. The fourth-order valence-electron chi connectivity index (χ4n) is 2.19. The van der Waals surface area contributed by atoms with Crippen LogP contribution in [0.15, 0.2) is 18.2 Å². The van der Waals surface area contributed by atoms with Gasteiger partial charge < -0.3 is 5.32 Å². The van der Waals surface area contributed by atoms with E-state index in [1.54, 1.807) is 0 Å². The van der Waals surface area contributed by atoms with Crippen molar-refractivity contribution in [1.29, 1.82) is 0 Å². The molecular formula is C13H18F2N2. The Hall–Kier alpha value is -1.00. The molecule has 1 saturated heterocycles. The van der Waals surface area contributed by atoms with Gasteiger partial charge in [-0.25, -0.2) is 8.78 Å². The van der Waals surface area contributed by atoms with Gasteiger partial charge in [0.2, 0.25) is 0 Å². The summed E-state index contributed by atoms with van der Waals surface area (Å²) in [7, 11) is 0. The molecule has 0 unspecified atom stereocenters. The summed E-state index contributed by atoms with van der Waals surface area (Å²) < 4.78 is 26.3. The van der Waals surface area contributed by atoms with Crippen molar-refractivity contribution in [2.24, 2.45) is 0 Å². The summed E-state index contributed by atoms with van der Waals surface area (Å²) in [5.41, 5.74) is 0.562. The van der Waals surface area contributed by atoms with E-state index in [4.69, 9.17) is 0 Å². The molecule has 0 radical (unpaired) electrons. The second-order valence-electron chi connectivity index (χ2n) is 4.82. The first kappa shape index (κ1) is 12.5. The molecular weight excluding hydrogens is 222 g/mol. The van der Waals surface area contributed by atoms with Gasteiger partial charge in [0.05, 0.1) is 0 Å². The highest BCUT2D eigenvalue weighted by atomic mass is 19.1. The lowest BCUT2D eigenvalue weighted by atomic mass is 10.1. The summed E-state index contributed by atoms with van der Waals surface area (Å²) >= 11 is 0. The molecule has 1 fully saturated rings. The third-order valence-corrected chi connectivity index (χ3v) is 3.28. The van der Waals surface area contributed by atoms with Crippen molar-refractivity contribution in [3.63, 3.8) is 0 Å². The maximum atomic E-state index is 13.5. The average Bonchev–Trinajstić information content (AvgIpc) is 2.27. The van der Waals surface area contributed by atoms with E-state index in [1.165, 1.54) is 12.1 Å². The van der Waals surface area contributed by atoms with E-state index in [0.717, 1.165) is 19.2 Å². The van der Waals surface area contributed by atoms with E-state index < -0.39 is 11.6 Å². The van der Waals surface area contributed by atoms with Gasteiger partial charge >= 0.3 is 0 Å². The van der Waals surface area contributed by atoms with Crippen molar-refractivity contribution in [3.8, 4) is 0 Å². The first-order valence-corrected chi connectivity index (χ1v) is 5.97. The highest BCUT2D eigenvalue weighted by Crippen LogP contribution is 2.15. The lowest BCUT2D eigenvalue weighted by molar-refractivity contribution is 0.137. The Morgan fingerprint density at radius 3 is 2.82 bits per heavy atom. The van der Waals surface area contributed by atoms with Crippen LogP contribution in [0, 0.1) is 11.6 Å². The van der Waals surface area contributed by atoms with Crippen molar-refractivity contribution in [1.82, 2.24) is 10.2 Å². The molecule has 17 heavy (non-hydrogen) atoms. The molecule has 1 aromatic rings. The molecule has 4 heteroatoms. The van der Waals surface area contributed by atoms with Gasteiger partial charge in [0.15, 0.2) is 0 Å². The van der Waals surface area contributed by atoms with Crippen molar-refractivity contribution in [3.05, 3.63) is 35.4 Å². The van der Waals surface area contributed by atoms with Crippen molar-refractivity contribution in [2.75, 3.05) is 13.1 Å². The first-order valence-electron chi connectivity index (χ1n) is 5.97. The van der Waals surface area contributed by atoms with E-state index in [0.29, 0.717) is 24.2 Å². The summed E-state index contributed by atoms with van der Waals surface area (Å²) in [6, 6.07) is 4.58. The number of rotatable bonds is 2. The highest BCUT2D eigenvalue weighted by molar-refractivity contribution is 5.18. The number of nitrogens with zero attached hydrogens (tertiary/aromatic N) is 1. The maximum Gasteiger partial charge on any atom is 0.130 e. The highest BCUT2D eigenvalue weighted by Gasteiger charge is 2.23. The number of piperazine rings is 1. The molecule has 1 aromatic carbocycles. The molecule has 0 saturated carbocycles. The molecule has 1 aliphatic heterocycles. The molecule has 0 amide bonds. The number of hydrogen-bond acceptors (Lipinski definition) is 2. The van der Waals surface area contributed by atoms with Gasteiger partial charge in [-0.3, -0.25) is 4.90 Å². The van der Waals surface area contributed by atoms with Gasteiger partial charge in [0, 0.05) is 43.3 Å². The molecule has 1 N–H and O–H groups in total. The summed E-state index contributed by atoms with van der Waals surface area (Å²) in [4.78, 5) is 2.22. The van der Waals surface area contributed by atoms with E-state index in [-0.39, 0.29) is 0 Å². The molecule has 0 aliphatic carbocycles. The average molecular weight is 240 g/mol. The number of hydrogen-bond donors (Lipinski definition) is 1. The summed E-state index contributed by atoms with van der Waals surface area (Å²) in [5, 5.41) is 3.38. The van der Waals surface area contributed by atoms with Crippen LogP contribution in [0.2, 0.25) is 0 Å². The van der Waals surface area contributed by atoms with Crippen molar-refractivity contribution < 1.29 is 8.78 Å². The second-order valence-corrected chi connectivity index (χ2v) is 4.82. The summed E-state index contributed by atoms with van der Waals surface area (Å²) in [5.74, 6) is -0.976. The lowest BCUT2D eigenvalue weighted by Gasteiger charge is -2.37. The molecule has 0 spiro atoms. The SMILES string of the molecule is C[C@@H]1CN(Cc2ccc(F)cc2F)[C@@H](C)CN1. The minimum absolute atomic E-state index is 0.371. The summed E-state index contributed by atoms with van der Waals surface area (Å²) in [6.45, 7) is 6.56. The fourth-order valence-corrected chi connectivity index (χ4v) is 2.19. The van der Waals surface area contributed by atoms with E-state index in [9.17, 15) is 8.78 Å². The Morgan fingerprint density at radius 1 is 1.35 bits per heavy atom. The van der Waals surface area contributed by atoms with E-state index >= 15 is 0 Å². The van der Waals surface area contributed by atoms with Gasteiger partial charge in [-0.05, 0) is 19.9 Å². The largest absolute Gasteiger partial charge is 0.311 e. The van der Waals surface area contributed by atoms with Crippen LogP contribution in [0.25, 0.3) is 0 Å². The Balaban J connectivity index is 2.08. The van der Waals surface area contributed by atoms with Crippen molar-refractivity contribution in [2.45, 2.75) is 32.5 Å². The lowest BCUT2D eigenvalue weighted by Crippen LogP contribution is -2.53. The Bertz CT molecular complexity index is 395. The van der Waals surface area contributed by atoms with E-state index in [1.807, 2.05) is 0 Å². The second kappa shape index (κ2) is 5.10. The zero-order valence-corrected chi connectivity index (χ0v) is 10.2. The van der Waals surface area contributed by atoms with E-state index in [2.05, 4.69) is 24.1 Å². The van der Waals surface area contributed by atoms with Crippen LogP contribution < -0.4 is 5.32 Å². The quantitative estimate of drug-likeness (QED) is 0.852. The Morgan fingerprint density at radius 2 is 2.12 bits per heavy atom. The third-order valence-electron chi connectivity index (χ3n) is 3.28. The molecule has 0 aromatic heterocycles. The number of halogens is 2. The summed E-state index contributed by atoms with van der Waals surface area (Å²) in [6.07, 6.45) is 0. The minimum atomic E-state index is -0.520. The zero-order valence-electron chi connectivity index (χ0n) is 10.2. The third kappa shape index (κ3) is 3.01. The van der Waals surface area contributed by atoms with Gasteiger partial charge in [-0.1, -0.05) is 6.07 Å². The number of nitrogens with one attached hydrogen (secondary N) is 1. The van der Waals surface area contributed by atoms with Gasteiger partial charge in [-0.2, -0.15) is 0 Å². The van der Waals surface area contributed by atoms with Crippen LogP contribution in [0.5, 0.6) is 0 Å². The van der Waals surface area contributed by atoms with Gasteiger partial charge in [-0.15, -0.1) is 0 Å². The van der Waals surface area contributed by atoms with Crippen molar-refractivity contribution >= 4 is 0 Å². The molecule has 0 bridgehead atoms. The normalized spacial score (nSPS) is 26.1. The van der Waals surface area contributed by atoms with Gasteiger partial charge in [0.25, 0.3) is 0 Å². The molecule has 1 aliphatic rings. The van der Waals surface area contributed by atoms with Crippen LogP contribution in [-0.2, 0) is 6.54 Å². The van der Waals surface area contributed by atoms with Gasteiger partial charge in [0.1, 0.15) is 11.6 Å². The van der Waals surface area contributed by atoms with Crippen LogP contribution in [0.4, 0.5) is 8.78 Å². The molecule has 2 rings (SSSR count). The smallest absolute Gasteiger partial charge is 0.130 e. The number of benzene rings is 1. The standard InChI is InChI=1S/C13H18F2N2/c1-9-7-17(10(2)6-16-9)8-11-3-4-12(14)5-13(11)15/h3-5,9-10,16H,6-8H2,1-2H3/t9-,10+/m1/s1. The molecule has 2 nitrogen and oxygen atoms in total. The molecule has 1 heterocycles. The molecule has 2 atom stereocenters. The Labute approximate surface area is 101 Å². The van der Waals surface area contributed by atoms with Crippen LogP contribution >= 0.6 is 0 Å². The minimum Gasteiger partial charge on any atom is -0.311 e. The van der Waals surface area contributed by atoms with Crippen LogP contribution in [-0.4, -0.2) is 30.1 Å².